The molecule has 2 aromatic carbocycles. The number of rotatable bonds is 10. The Labute approximate surface area is 294 Å². The van der Waals surface area contributed by atoms with Crippen LogP contribution in [0.1, 0.15) is 48.2 Å². The minimum absolute atomic E-state index is 0.00657. The van der Waals surface area contributed by atoms with Crippen LogP contribution in [0.25, 0.3) is 27.7 Å². The number of hydrogen-bond acceptors (Lipinski definition) is 9. The van der Waals surface area contributed by atoms with Crippen molar-refractivity contribution in [1.29, 1.82) is 0 Å². The lowest BCUT2D eigenvalue weighted by molar-refractivity contribution is 0.0525. The summed E-state index contributed by atoms with van der Waals surface area (Å²) in [5.74, 6) is -0.346. The molecule has 0 fully saturated rings. The number of hydrogen-bond donors (Lipinski definition) is 2. The van der Waals surface area contributed by atoms with E-state index in [1.54, 1.807) is 71.4 Å². The Balaban J connectivity index is 1.32. The van der Waals surface area contributed by atoms with Gasteiger partial charge in [-0.2, -0.15) is 5.10 Å². The number of amides is 2. The highest BCUT2D eigenvalue weighted by atomic mass is 32.2. The highest BCUT2D eigenvalue weighted by molar-refractivity contribution is 7.90. The number of benzene rings is 2. The summed E-state index contributed by atoms with van der Waals surface area (Å²) < 4.78 is 37.8. The molecule has 0 saturated heterocycles. The van der Waals surface area contributed by atoms with Crippen LogP contribution in [0.4, 0.5) is 4.79 Å². The van der Waals surface area contributed by atoms with Crippen molar-refractivity contribution < 1.29 is 22.7 Å². The molecule has 0 aliphatic heterocycles. The maximum atomic E-state index is 13.9. The van der Waals surface area contributed by atoms with Crippen LogP contribution in [-0.2, 0) is 40.5 Å². The predicted molar refractivity (Wildman–Crippen MR) is 191 cm³/mol. The molecular formula is C36H38N8O6S. The number of aryl methyl sites for hydroxylation is 2. The highest BCUT2D eigenvalue weighted by Gasteiger charge is 2.24. The Hall–Kier alpha value is -5.83. The van der Waals surface area contributed by atoms with Crippen LogP contribution in [-0.4, -0.2) is 61.3 Å². The lowest BCUT2D eigenvalue weighted by Gasteiger charge is -2.20. The van der Waals surface area contributed by atoms with Gasteiger partial charge in [-0.1, -0.05) is 6.07 Å². The number of alkyl carbamates (subject to hydrolysis) is 1. The van der Waals surface area contributed by atoms with E-state index in [9.17, 15) is 22.8 Å². The molecule has 14 nitrogen and oxygen atoms in total. The molecular weight excluding hydrogens is 673 g/mol. The zero-order valence-electron chi connectivity index (χ0n) is 28.9. The third-order valence-corrected chi connectivity index (χ3v) is 9.76. The van der Waals surface area contributed by atoms with Crippen molar-refractivity contribution >= 4 is 38.4 Å². The number of nitrogens with one attached hydrogen (secondary N) is 2. The standard InChI is InChI=1S/C36H38N8O6S/c1-23-40-30-20-25(6-8-28(30)34(46)44(23)17-13-38-35(47)50-36(2,3)4)29-19-26(7-9-31(29)51(48,49)22-27-11-14-42(5)41-27)33(45)39-21-24-10-15-43-16-12-37-32(43)18-24/h6-12,14-16,18-20H,13,17,21-22H2,1-5H3,(H,38,47)(H,39,45). The van der Waals surface area contributed by atoms with Crippen LogP contribution in [0.2, 0.25) is 0 Å². The van der Waals surface area contributed by atoms with Crippen LogP contribution >= 0.6 is 0 Å². The summed E-state index contributed by atoms with van der Waals surface area (Å²) in [6, 6.07) is 14.7. The summed E-state index contributed by atoms with van der Waals surface area (Å²) in [6.45, 7) is 7.50. The van der Waals surface area contributed by atoms with E-state index in [2.05, 4.69) is 25.7 Å². The van der Waals surface area contributed by atoms with E-state index in [4.69, 9.17) is 4.74 Å². The van der Waals surface area contributed by atoms with E-state index in [1.807, 2.05) is 28.9 Å². The molecule has 15 heteroatoms. The second-order valence-electron chi connectivity index (χ2n) is 13.1. The van der Waals surface area contributed by atoms with Crippen LogP contribution in [0, 0.1) is 6.92 Å². The first kappa shape index (κ1) is 35.0. The molecule has 6 rings (SSSR count). The Morgan fingerprint density at radius 2 is 1.76 bits per heavy atom. The normalized spacial score (nSPS) is 11.9. The van der Waals surface area contributed by atoms with Gasteiger partial charge in [-0.15, -0.1) is 0 Å². The maximum Gasteiger partial charge on any atom is 0.407 e. The average Bonchev–Trinajstić information content (AvgIpc) is 3.71. The van der Waals surface area contributed by atoms with Crippen LogP contribution in [0.5, 0.6) is 0 Å². The first-order valence-electron chi connectivity index (χ1n) is 16.2. The molecule has 0 aliphatic rings. The van der Waals surface area contributed by atoms with E-state index >= 15 is 0 Å². The largest absolute Gasteiger partial charge is 0.444 e. The third kappa shape index (κ3) is 7.99. The minimum Gasteiger partial charge on any atom is -0.444 e. The van der Waals surface area contributed by atoms with Gasteiger partial charge in [-0.25, -0.2) is 23.2 Å². The second kappa shape index (κ2) is 13.8. The fraction of sp³-hybridized carbons (Fsp3) is 0.278. The summed E-state index contributed by atoms with van der Waals surface area (Å²) >= 11 is 0. The number of carbonyl (C=O) groups is 2. The zero-order chi connectivity index (χ0) is 36.5. The number of aromatic nitrogens is 6. The molecule has 0 radical (unpaired) electrons. The number of ether oxygens (including phenoxy) is 1. The summed E-state index contributed by atoms with van der Waals surface area (Å²) in [5.41, 5.74) is 2.33. The summed E-state index contributed by atoms with van der Waals surface area (Å²) in [6.07, 6.45) is 6.45. The van der Waals surface area contributed by atoms with Gasteiger partial charge in [-0.05, 0) is 87.4 Å². The van der Waals surface area contributed by atoms with Gasteiger partial charge in [-0.3, -0.25) is 18.8 Å². The predicted octanol–water partition coefficient (Wildman–Crippen LogP) is 4.18. The Kier molecular flexibility index (Phi) is 9.49. The monoisotopic (exact) mass is 710 g/mol. The molecule has 0 aliphatic carbocycles. The molecule has 0 saturated carbocycles. The zero-order valence-corrected chi connectivity index (χ0v) is 29.7. The molecule has 264 valence electrons. The van der Waals surface area contributed by atoms with E-state index < -0.39 is 27.4 Å². The van der Waals surface area contributed by atoms with E-state index in [0.29, 0.717) is 28.0 Å². The van der Waals surface area contributed by atoms with Crippen molar-refractivity contribution in [3.05, 3.63) is 112 Å². The Morgan fingerprint density at radius 1 is 0.961 bits per heavy atom. The van der Waals surface area contributed by atoms with Gasteiger partial charge in [0.2, 0.25) is 0 Å². The van der Waals surface area contributed by atoms with Crippen molar-refractivity contribution in [3.63, 3.8) is 0 Å². The lowest BCUT2D eigenvalue weighted by atomic mass is 10.0. The molecule has 0 unspecified atom stereocenters. The minimum atomic E-state index is -3.94. The molecule has 0 spiro atoms. The quantitative estimate of drug-likeness (QED) is 0.212. The number of fused-ring (bicyclic) bond motifs is 2. The van der Waals surface area contributed by atoms with Gasteiger partial charge in [0.1, 0.15) is 17.1 Å². The molecule has 6 aromatic rings. The first-order chi connectivity index (χ1) is 24.2. The smallest absolute Gasteiger partial charge is 0.407 e. The SMILES string of the molecule is Cc1nc2cc(-c3cc(C(=O)NCc4ccn5ccnc5c4)ccc3S(=O)(=O)Cc3ccn(C)n3)ccc2c(=O)n1CCNC(=O)OC(C)(C)C. The van der Waals surface area contributed by atoms with Crippen molar-refractivity contribution in [2.45, 2.75) is 57.0 Å². The van der Waals surface area contributed by atoms with Crippen molar-refractivity contribution in [1.82, 2.24) is 39.3 Å². The molecule has 51 heavy (non-hydrogen) atoms. The molecule has 4 aromatic heterocycles. The van der Waals surface area contributed by atoms with Crippen LogP contribution in [0.3, 0.4) is 0 Å². The molecule has 2 N–H and O–H groups in total. The Morgan fingerprint density at radius 3 is 2.51 bits per heavy atom. The van der Waals surface area contributed by atoms with Gasteiger partial charge < -0.3 is 19.8 Å². The van der Waals surface area contributed by atoms with Crippen molar-refractivity contribution in [3.8, 4) is 11.1 Å². The summed E-state index contributed by atoms with van der Waals surface area (Å²) in [5, 5.41) is 10.1. The summed E-state index contributed by atoms with van der Waals surface area (Å²) in [7, 11) is -2.24. The average molecular weight is 711 g/mol. The fourth-order valence-electron chi connectivity index (χ4n) is 5.67. The third-order valence-electron chi connectivity index (χ3n) is 8.06. The van der Waals surface area contributed by atoms with Gasteiger partial charge in [0.25, 0.3) is 11.5 Å². The van der Waals surface area contributed by atoms with Crippen molar-refractivity contribution in [2.75, 3.05) is 6.54 Å². The fourth-order valence-corrected chi connectivity index (χ4v) is 7.16. The Bertz CT molecular complexity index is 2460. The molecule has 2 amide bonds. The van der Waals surface area contributed by atoms with E-state index in [0.717, 1.165) is 11.2 Å². The topological polar surface area (TPSA) is 172 Å². The highest BCUT2D eigenvalue weighted by Crippen LogP contribution is 2.32. The van der Waals surface area contributed by atoms with Crippen molar-refractivity contribution in [2.24, 2.45) is 7.05 Å². The molecule has 0 atom stereocenters. The maximum absolute atomic E-state index is 13.9. The molecule has 4 heterocycles. The van der Waals surface area contributed by atoms with Gasteiger partial charge >= 0.3 is 6.09 Å². The van der Waals surface area contributed by atoms with Crippen LogP contribution in [0.15, 0.2) is 89.1 Å². The lowest BCUT2D eigenvalue weighted by Crippen LogP contribution is -2.36. The number of carbonyl (C=O) groups excluding carboxylic acids is 2. The number of sulfone groups is 1. The van der Waals surface area contributed by atoms with Crippen LogP contribution < -0.4 is 16.2 Å². The van der Waals surface area contributed by atoms with E-state index in [1.165, 1.54) is 27.4 Å². The second-order valence-corrected chi connectivity index (χ2v) is 15.1. The summed E-state index contributed by atoms with van der Waals surface area (Å²) in [4.78, 5) is 48.0. The number of pyridine rings is 1. The first-order valence-corrected chi connectivity index (χ1v) is 17.9. The number of imidazole rings is 1. The molecule has 0 bridgehead atoms. The number of nitrogens with zero attached hydrogens (tertiary/aromatic N) is 6. The van der Waals surface area contributed by atoms with Gasteiger partial charge in [0.05, 0.1) is 27.2 Å². The van der Waals surface area contributed by atoms with E-state index in [-0.39, 0.29) is 47.0 Å². The van der Waals surface area contributed by atoms with Gasteiger partial charge in [0.15, 0.2) is 9.84 Å². The van der Waals surface area contributed by atoms with Gasteiger partial charge in [0, 0.05) is 62.6 Å².